The zero-order valence-electron chi connectivity index (χ0n) is 10.9. The van der Waals surface area contributed by atoms with Crippen LogP contribution < -0.4 is 16.8 Å². The molecule has 5 N–H and O–H groups in total. The molecule has 0 saturated carbocycles. The van der Waals surface area contributed by atoms with Crippen LogP contribution >= 0.6 is 0 Å². The van der Waals surface area contributed by atoms with Crippen LogP contribution in [0.15, 0.2) is 18.2 Å². The van der Waals surface area contributed by atoms with E-state index < -0.39 is 5.91 Å². The fourth-order valence-corrected chi connectivity index (χ4v) is 3.30. The number of nitrogen functional groups attached to an aromatic ring is 1. The van der Waals surface area contributed by atoms with Crippen molar-refractivity contribution >= 4 is 17.3 Å². The molecule has 2 fully saturated rings. The van der Waals surface area contributed by atoms with E-state index in [2.05, 4.69) is 10.2 Å². The number of hydrogen-bond donors (Lipinski definition) is 3. The molecule has 1 aromatic rings. The highest BCUT2D eigenvalue weighted by Gasteiger charge is 2.37. The van der Waals surface area contributed by atoms with Gasteiger partial charge >= 0.3 is 0 Å². The molecule has 0 spiro atoms. The molecule has 2 aliphatic rings. The topological polar surface area (TPSA) is 84.4 Å². The third kappa shape index (κ3) is 2.26. The number of carbonyl (C=O) groups is 1. The maximum absolute atomic E-state index is 11.1. The lowest BCUT2D eigenvalue weighted by Crippen LogP contribution is -2.33. The van der Waals surface area contributed by atoms with Crippen molar-refractivity contribution in [1.29, 1.82) is 0 Å². The number of anilines is 2. The number of rotatable bonds is 3. The lowest BCUT2D eigenvalue weighted by Gasteiger charge is -2.23. The highest BCUT2D eigenvalue weighted by molar-refractivity contribution is 5.94. The molecule has 0 bridgehead atoms. The van der Waals surface area contributed by atoms with E-state index in [9.17, 15) is 4.79 Å². The minimum atomic E-state index is -0.443. The predicted octanol–water partition coefficient (Wildman–Crippen LogP) is 1.02. The van der Waals surface area contributed by atoms with E-state index in [1.807, 2.05) is 6.07 Å². The van der Waals surface area contributed by atoms with Crippen molar-refractivity contribution in [2.24, 2.45) is 5.73 Å². The van der Waals surface area contributed by atoms with Crippen LogP contribution in [0.5, 0.6) is 0 Å². The standard InChI is InChI=1S/C14H20N4O/c15-10-8-9(14(16)19)3-4-11(10)17-12-5-7-18-6-1-2-13(12)18/h3-4,8,12-13,17H,1-2,5-7,15H2,(H2,16,19). The third-order valence-electron chi connectivity index (χ3n) is 4.28. The zero-order chi connectivity index (χ0) is 13.4. The van der Waals surface area contributed by atoms with Crippen molar-refractivity contribution in [3.8, 4) is 0 Å². The number of benzene rings is 1. The van der Waals surface area contributed by atoms with Crippen LogP contribution in [-0.2, 0) is 0 Å². The van der Waals surface area contributed by atoms with Gasteiger partial charge in [-0.1, -0.05) is 0 Å². The number of amides is 1. The molecule has 1 amide bonds. The van der Waals surface area contributed by atoms with Gasteiger partial charge in [0.05, 0.1) is 11.4 Å². The Morgan fingerprint density at radius 1 is 1.32 bits per heavy atom. The molecule has 0 radical (unpaired) electrons. The summed E-state index contributed by atoms with van der Waals surface area (Å²) in [6.45, 7) is 2.39. The first-order valence-electron chi connectivity index (χ1n) is 6.85. The van der Waals surface area contributed by atoms with Gasteiger partial charge in [-0.3, -0.25) is 9.69 Å². The number of nitrogens with zero attached hydrogens (tertiary/aromatic N) is 1. The van der Waals surface area contributed by atoms with Crippen molar-refractivity contribution in [2.75, 3.05) is 24.1 Å². The number of nitrogens with one attached hydrogen (secondary N) is 1. The van der Waals surface area contributed by atoms with Crippen LogP contribution in [0.2, 0.25) is 0 Å². The van der Waals surface area contributed by atoms with E-state index in [1.165, 1.54) is 25.9 Å². The number of carbonyl (C=O) groups excluding carboxylic acids is 1. The van der Waals surface area contributed by atoms with Crippen LogP contribution in [0.1, 0.15) is 29.6 Å². The van der Waals surface area contributed by atoms with Crippen molar-refractivity contribution in [3.63, 3.8) is 0 Å². The molecular formula is C14H20N4O. The molecule has 0 aromatic heterocycles. The van der Waals surface area contributed by atoms with E-state index >= 15 is 0 Å². The Kier molecular flexibility index (Phi) is 3.06. The van der Waals surface area contributed by atoms with Gasteiger partial charge in [-0.2, -0.15) is 0 Å². The summed E-state index contributed by atoms with van der Waals surface area (Å²) in [5, 5.41) is 3.53. The molecule has 5 heteroatoms. The highest BCUT2D eigenvalue weighted by atomic mass is 16.1. The van der Waals surface area contributed by atoms with Crippen LogP contribution in [0, 0.1) is 0 Å². The predicted molar refractivity (Wildman–Crippen MR) is 76.0 cm³/mol. The molecule has 2 atom stereocenters. The van der Waals surface area contributed by atoms with Gasteiger partial charge in [0.2, 0.25) is 5.91 Å². The first-order chi connectivity index (χ1) is 9.15. The van der Waals surface area contributed by atoms with Gasteiger partial charge in [-0.25, -0.2) is 0 Å². The molecular weight excluding hydrogens is 240 g/mol. The molecule has 1 aromatic carbocycles. The summed E-state index contributed by atoms with van der Waals surface area (Å²) in [5.74, 6) is -0.443. The van der Waals surface area contributed by atoms with E-state index in [4.69, 9.17) is 11.5 Å². The first kappa shape index (κ1) is 12.3. The summed E-state index contributed by atoms with van der Waals surface area (Å²) in [7, 11) is 0. The summed E-state index contributed by atoms with van der Waals surface area (Å²) in [5.41, 5.74) is 13.2. The van der Waals surface area contributed by atoms with Crippen LogP contribution in [0.25, 0.3) is 0 Å². The van der Waals surface area contributed by atoms with E-state index in [0.717, 1.165) is 12.1 Å². The van der Waals surface area contributed by atoms with E-state index in [0.29, 0.717) is 23.3 Å². The molecule has 2 unspecified atom stereocenters. The Bertz CT molecular complexity index is 502. The number of fused-ring (bicyclic) bond motifs is 1. The summed E-state index contributed by atoms with van der Waals surface area (Å²) in [6, 6.07) is 6.32. The average Bonchev–Trinajstić information content (AvgIpc) is 2.96. The minimum absolute atomic E-state index is 0.443. The fraction of sp³-hybridized carbons (Fsp3) is 0.500. The second-order valence-electron chi connectivity index (χ2n) is 5.45. The number of primary amides is 1. The Morgan fingerprint density at radius 2 is 2.16 bits per heavy atom. The molecule has 2 saturated heterocycles. The minimum Gasteiger partial charge on any atom is -0.397 e. The van der Waals surface area contributed by atoms with Gasteiger partial charge in [0.15, 0.2) is 0 Å². The molecule has 2 heterocycles. The maximum Gasteiger partial charge on any atom is 0.248 e. The van der Waals surface area contributed by atoms with Crippen molar-refractivity contribution in [1.82, 2.24) is 4.90 Å². The summed E-state index contributed by atoms with van der Waals surface area (Å²) < 4.78 is 0. The van der Waals surface area contributed by atoms with Crippen molar-refractivity contribution in [3.05, 3.63) is 23.8 Å². The normalized spacial score (nSPS) is 26.3. The third-order valence-corrected chi connectivity index (χ3v) is 4.28. The van der Waals surface area contributed by atoms with Gasteiger partial charge < -0.3 is 16.8 Å². The lowest BCUT2D eigenvalue weighted by atomic mass is 10.1. The quantitative estimate of drug-likeness (QED) is 0.708. The van der Waals surface area contributed by atoms with Crippen LogP contribution in [0.4, 0.5) is 11.4 Å². The van der Waals surface area contributed by atoms with E-state index in [1.54, 1.807) is 12.1 Å². The number of nitrogens with two attached hydrogens (primary N) is 2. The summed E-state index contributed by atoms with van der Waals surface area (Å²) >= 11 is 0. The summed E-state index contributed by atoms with van der Waals surface area (Å²) in [4.78, 5) is 13.6. The largest absolute Gasteiger partial charge is 0.397 e. The summed E-state index contributed by atoms with van der Waals surface area (Å²) in [6.07, 6.45) is 3.71. The SMILES string of the molecule is NC(=O)c1ccc(NC2CCN3CCCC23)c(N)c1. The molecule has 0 aliphatic carbocycles. The first-order valence-corrected chi connectivity index (χ1v) is 6.85. The Hall–Kier alpha value is -1.75. The Balaban J connectivity index is 1.75. The van der Waals surface area contributed by atoms with Gasteiger partial charge in [0, 0.05) is 24.2 Å². The Morgan fingerprint density at radius 3 is 2.89 bits per heavy atom. The zero-order valence-corrected chi connectivity index (χ0v) is 10.9. The highest BCUT2D eigenvalue weighted by Crippen LogP contribution is 2.31. The maximum atomic E-state index is 11.1. The molecule has 2 aliphatic heterocycles. The fourth-order valence-electron chi connectivity index (χ4n) is 3.30. The molecule has 19 heavy (non-hydrogen) atoms. The average molecular weight is 260 g/mol. The molecule has 102 valence electrons. The number of hydrogen-bond acceptors (Lipinski definition) is 4. The Labute approximate surface area is 112 Å². The van der Waals surface area contributed by atoms with Gasteiger partial charge in [0.25, 0.3) is 0 Å². The van der Waals surface area contributed by atoms with Gasteiger partial charge in [-0.15, -0.1) is 0 Å². The van der Waals surface area contributed by atoms with Gasteiger partial charge in [-0.05, 0) is 44.0 Å². The smallest absolute Gasteiger partial charge is 0.248 e. The van der Waals surface area contributed by atoms with Crippen molar-refractivity contribution in [2.45, 2.75) is 31.3 Å². The molecule has 3 rings (SSSR count). The van der Waals surface area contributed by atoms with Gasteiger partial charge in [0.1, 0.15) is 0 Å². The molecule has 5 nitrogen and oxygen atoms in total. The van der Waals surface area contributed by atoms with Crippen LogP contribution in [0.3, 0.4) is 0 Å². The monoisotopic (exact) mass is 260 g/mol. The second-order valence-corrected chi connectivity index (χ2v) is 5.45. The van der Waals surface area contributed by atoms with E-state index in [-0.39, 0.29) is 0 Å². The van der Waals surface area contributed by atoms with Crippen LogP contribution in [-0.4, -0.2) is 36.0 Å². The van der Waals surface area contributed by atoms with Crippen molar-refractivity contribution < 1.29 is 4.79 Å². The second kappa shape index (κ2) is 4.74. The lowest BCUT2D eigenvalue weighted by molar-refractivity contribution is 0.100.